The Labute approximate surface area is 187 Å². The average molecular weight is 433 g/mol. The van der Waals surface area contributed by atoms with Crippen molar-refractivity contribution < 1.29 is 14.4 Å². The summed E-state index contributed by atoms with van der Waals surface area (Å²) in [6.45, 7) is 5.77. The highest BCUT2D eigenvalue weighted by Crippen LogP contribution is 2.25. The van der Waals surface area contributed by atoms with Crippen molar-refractivity contribution in [3.05, 3.63) is 65.9 Å². The Morgan fingerprint density at radius 3 is 2.34 bits per heavy atom. The van der Waals surface area contributed by atoms with E-state index in [1.807, 2.05) is 57.2 Å². The molecule has 1 aliphatic carbocycles. The molecule has 0 saturated heterocycles. The summed E-state index contributed by atoms with van der Waals surface area (Å²) in [6, 6.07) is 15.8. The maximum Gasteiger partial charge on any atom is 0.273 e. The summed E-state index contributed by atoms with van der Waals surface area (Å²) in [7, 11) is 0. The maximum atomic E-state index is 13.2. The molecule has 2 aromatic carbocycles. The fraction of sp³-hybridized carbons (Fsp3) is 0.360. The van der Waals surface area contributed by atoms with Crippen LogP contribution in [0.3, 0.4) is 0 Å². The summed E-state index contributed by atoms with van der Waals surface area (Å²) >= 11 is 0. The van der Waals surface area contributed by atoms with Crippen molar-refractivity contribution in [3.8, 4) is 0 Å². The Balaban J connectivity index is 1.61. The van der Waals surface area contributed by atoms with E-state index in [1.165, 1.54) is 0 Å². The van der Waals surface area contributed by atoms with Crippen molar-refractivity contribution in [2.24, 2.45) is 5.41 Å². The third-order valence-corrected chi connectivity index (χ3v) is 5.59. The van der Waals surface area contributed by atoms with Crippen molar-refractivity contribution in [1.29, 1.82) is 0 Å². The fourth-order valence-electron chi connectivity index (χ4n) is 3.65. The van der Waals surface area contributed by atoms with Gasteiger partial charge in [0.05, 0.1) is 5.52 Å². The third kappa shape index (κ3) is 4.72. The van der Waals surface area contributed by atoms with E-state index in [1.54, 1.807) is 22.9 Å². The van der Waals surface area contributed by atoms with Gasteiger partial charge >= 0.3 is 0 Å². The van der Waals surface area contributed by atoms with Crippen LogP contribution in [0.15, 0.2) is 54.6 Å². The molecular formula is C25H28N4O3. The average Bonchev–Trinajstić information content (AvgIpc) is 3.51. The molecule has 1 aromatic heterocycles. The Morgan fingerprint density at radius 2 is 1.69 bits per heavy atom. The van der Waals surface area contributed by atoms with Crippen LogP contribution in [0, 0.1) is 5.41 Å². The van der Waals surface area contributed by atoms with E-state index in [0.717, 1.165) is 12.8 Å². The van der Waals surface area contributed by atoms with Gasteiger partial charge in [-0.05, 0) is 24.3 Å². The normalized spacial score (nSPS) is 14.7. The lowest BCUT2D eigenvalue weighted by Crippen LogP contribution is -2.54. The number of Topliss-reactive ketones (excluding diaryl/α,β-unsaturated/α-hetero) is 1. The summed E-state index contributed by atoms with van der Waals surface area (Å²) < 4.78 is 1.55. The zero-order valence-electron chi connectivity index (χ0n) is 18.6. The number of ketones is 1. The summed E-state index contributed by atoms with van der Waals surface area (Å²) in [4.78, 5) is 38.8. The van der Waals surface area contributed by atoms with Gasteiger partial charge in [-0.25, -0.2) is 0 Å². The van der Waals surface area contributed by atoms with Crippen LogP contribution in [0.25, 0.3) is 10.9 Å². The molecule has 166 valence electrons. The molecule has 0 aliphatic heterocycles. The number of rotatable bonds is 7. The van der Waals surface area contributed by atoms with Crippen LogP contribution in [0.4, 0.5) is 0 Å². The predicted molar refractivity (Wildman–Crippen MR) is 122 cm³/mol. The molecule has 32 heavy (non-hydrogen) atoms. The molecule has 2 N–H and O–H groups in total. The zero-order chi connectivity index (χ0) is 22.9. The molecule has 4 rings (SSSR count). The van der Waals surface area contributed by atoms with Crippen molar-refractivity contribution in [3.63, 3.8) is 0 Å². The standard InChI is InChI=1S/C25H28N4O3/c1-25(2,3)22(24(32)26-17-13-14-17)27-23(31)21-18-11-7-8-12-19(18)29(28-21)15-20(30)16-9-5-4-6-10-16/h4-12,17,22H,13-15H2,1-3H3,(H,26,32)(H,27,31)/t22-/m1/s1. The molecule has 0 unspecified atom stereocenters. The highest BCUT2D eigenvalue weighted by molar-refractivity contribution is 6.07. The van der Waals surface area contributed by atoms with Crippen molar-refractivity contribution in [2.45, 2.75) is 52.2 Å². The SMILES string of the molecule is CC(C)(C)[C@H](NC(=O)c1nn(CC(=O)c2ccccc2)c2ccccc12)C(=O)NC1CC1. The second kappa shape index (κ2) is 8.57. The third-order valence-electron chi connectivity index (χ3n) is 5.59. The Bertz CT molecular complexity index is 1160. The van der Waals surface area contributed by atoms with Gasteiger partial charge in [-0.3, -0.25) is 19.1 Å². The number of carbonyl (C=O) groups excluding carboxylic acids is 3. The smallest absolute Gasteiger partial charge is 0.273 e. The molecule has 7 nitrogen and oxygen atoms in total. The van der Waals surface area contributed by atoms with Crippen molar-refractivity contribution in [1.82, 2.24) is 20.4 Å². The lowest BCUT2D eigenvalue weighted by molar-refractivity contribution is -0.125. The van der Waals surface area contributed by atoms with Crippen LogP contribution in [-0.4, -0.2) is 39.5 Å². The largest absolute Gasteiger partial charge is 0.352 e. The number of benzene rings is 2. The van der Waals surface area contributed by atoms with Gasteiger partial charge in [-0.15, -0.1) is 0 Å². The van der Waals surface area contributed by atoms with Crippen LogP contribution >= 0.6 is 0 Å². The molecule has 0 spiro atoms. The summed E-state index contributed by atoms with van der Waals surface area (Å²) in [5.74, 6) is -0.712. The van der Waals surface area contributed by atoms with Crippen LogP contribution in [-0.2, 0) is 11.3 Å². The number of fused-ring (bicyclic) bond motifs is 1. The van der Waals surface area contributed by atoms with Gasteiger partial charge in [0.15, 0.2) is 11.5 Å². The molecule has 1 fully saturated rings. The van der Waals surface area contributed by atoms with E-state index in [4.69, 9.17) is 0 Å². The van der Waals surface area contributed by atoms with E-state index < -0.39 is 17.4 Å². The molecule has 3 aromatic rings. The van der Waals surface area contributed by atoms with Gasteiger partial charge < -0.3 is 10.6 Å². The number of aromatic nitrogens is 2. The van der Waals surface area contributed by atoms with Crippen LogP contribution in [0.5, 0.6) is 0 Å². The molecule has 0 bridgehead atoms. The van der Waals surface area contributed by atoms with Gasteiger partial charge in [-0.2, -0.15) is 5.10 Å². The Hall–Kier alpha value is -3.48. The number of carbonyl (C=O) groups is 3. The zero-order valence-corrected chi connectivity index (χ0v) is 18.6. The number of amides is 2. The van der Waals surface area contributed by atoms with Crippen LogP contribution < -0.4 is 10.6 Å². The highest BCUT2D eigenvalue weighted by Gasteiger charge is 2.36. The molecule has 1 saturated carbocycles. The Kier molecular flexibility index (Phi) is 5.82. The minimum Gasteiger partial charge on any atom is -0.352 e. The molecule has 7 heteroatoms. The first-order valence-electron chi connectivity index (χ1n) is 10.9. The van der Waals surface area contributed by atoms with E-state index >= 15 is 0 Å². The fourth-order valence-corrected chi connectivity index (χ4v) is 3.65. The molecule has 2 amide bonds. The van der Waals surface area contributed by atoms with Gasteiger partial charge in [0, 0.05) is 17.0 Å². The molecule has 1 atom stereocenters. The second-order valence-electron chi connectivity index (χ2n) is 9.37. The summed E-state index contributed by atoms with van der Waals surface area (Å²) in [5.41, 5.74) is 1.00. The number of nitrogens with zero attached hydrogens (tertiary/aromatic N) is 2. The second-order valence-corrected chi connectivity index (χ2v) is 9.37. The lowest BCUT2D eigenvalue weighted by atomic mass is 9.86. The summed E-state index contributed by atoms with van der Waals surface area (Å²) in [5, 5.41) is 11.0. The molecule has 0 radical (unpaired) electrons. The van der Waals surface area contributed by atoms with Gasteiger partial charge in [0.2, 0.25) is 5.91 Å². The predicted octanol–water partition coefficient (Wildman–Crippen LogP) is 3.34. The minimum atomic E-state index is -0.703. The first-order chi connectivity index (χ1) is 15.2. The number of nitrogens with one attached hydrogen (secondary N) is 2. The van der Waals surface area contributed by atoms with E-state index in [9.17, 15) is 14.4 Å². The topological polar surface area (TPSA) is 93.1 Å². The lowest BCUT2D eigenvalue weighted by Gasteiger charge is -2.30. The van der Waals surface area contributed by atoms with Gasteiger partial charge in [0.25, 0.3) is 5.91 Å². The number of para-hydroxylation sites is 1. The first kappa shape index (κ1) is 21.7. The molecule has 1 aliphatic rings. The summed E-state index contributed by atoms with van der Waals surface area (Å²) in [6.07, 6.45) is 1.95. The Morgan fingerprint density at radius 1 is 1.03 bits per heavy atom. The highest BCUT2D eigenvalue weighted by atomic mass is 16.2. The number of hydrogen-bond donors (Lipinski definition) is 2. The van der Waals surface area contributed by atoms with Crippen LogP contribution in [0.1, 0.15) is 54.5 Å². The van der Waals surface area contributed by atoms with Gasteiger partial charge in [0.1, 0.15) is 12.6 Å². The number of hydrogen-bond acceptors (Lipinski definition) is 4. The van der Waals surface area contributed by atoms with Crippen molar-refractivity contribution >= 4 is 28.5 Å². The van der Waals surface area contributed by atoms with Crippen LogP contribution in [0.2, 0.25) is 0 Å². The van der Waals surface area contributed by atoms with Crippen molar-refractivity contribution in [2.75, 3.05) is 0 Å². The molecule has 1 heterocycles. The van der Waals surface area contributed by atoms with E-state index in [0.29, 0.717) is 16.5 Å². The van der Waals surface area contributed by atoms with Gasteiger partial charge in [-0.1, -0.05) is 69.3 Å². The maximum absolute atomic E-state index is 13.2. The first-order valence-corrected chi connectivity index (χ1v) is 10.9. The monoisotopic (exact) mass is 432 g/mol. The van der Waals surface area contributed by atoms with E-state index in [-0.39, 0.29) is 30.0 Å². The molecular weight excluding hydrogens is 404 g/mol. The quantitative estimate of drug-likeness (QED) is 0.560. The minimum absolute atomic E-state index is 0.0165. The van der Waals surface area contributed by atoms with E-state index in [2.05, 4.69) is 15.7 Å².